The molecule has 0 radical (unpaired) electrons. The number of nitrogens with zero attached hydrogens (tertiary/aromatic N) is 2. The molecule has 1 fully saturated rings. The molecule has 1 unspecified atom stereocenters. The first-order valence-electron chi connectivity index (χ1n) is 11.9. The van der Waals surface area contributed by atoms with Crippen LogP contribution in [-0.4, -0.2) is 55.8 Å². The number of Topliss-reactive ketones (excluding diaryl/α,β-unsaturated/α-hetero) is 1. The van der Waals surface area contributed by atoms with E-state index in [2.05, 4.69) is 21.2 Å². The molecule has 1 aliphatic rings. The lowest BCUT2D eigenvalue weighted by molar-refractivity contribution is -0.139. The van der Waals surface area contributed by atoms with E-state index in [1.165, 1.54) is 24.0 Å². The second-order valence-electron chi connectivity index (χ2n) is 9.19. The van der Waals surface area contributed by atoms with Crippen molar-refractivity contribution < 1.29 is 22.8 Å². The van der Waals surface area contributed by atoms with Gasteiger partial charge in [-0.2, -0.15) is 0 Å². The fourth-order valence-corrected chi connectivity index (χ4v) is 5.59. The lowest BCUT2D eigenvalue weighted by atomic mass is 10.1. The van der Waals surface area contributed by atoms with E-state index in [0.29, 0.717) is 5.56 Å². The zero-order valence-corrected chi connectivity index (χ0v) is 23.1. The van der Waals surface area contributed by atoms with Gasteiger partial charge in [-0.3, -0.25) is 18.7 Å². The second-order valence-corrected chi connectivity index (χ2v) is 12.0. The van der Waals surface area contributed by atoms with Crippen molar-refractivity contribution in [3.05, 3.63) is 64.1 Å². The molecule has 3 rings (SSSR count). The molecule has 2 aromatic rings. The van der Waals surface area contributed by atoms with Gasteiger partial charge < -0.3 is 10.2 Å². The van der Waals surface area contributed by atoms with E-state index in [0.717, 1.165) is 46.3 Å². The molecular weight excluding hydrogens is 546 g/mol. The van der Waals surface area contributed by atoms with Crippen LogP contribution in [0.2, 0.25) is 0 Å². The van der Waals surface area contributed by atoms with E-state index >= 15 is 0 Å². The summed E-state index contributed by atoms with van der Waals surface area (Å²) in [5.74, 6) is -1.01. The summed E-state index contributed by atoms with van der Waals surface area (Å²) in [5, 5.41) is 3.03. The second kappa shape index (κ2) is 12.0. The number of hydrogen-bond donors (Lipinski definition) is 1. The van der Waals surface area contributed by atoms with Crippen molar-refractivity contribution in [3.8, 4) is 0 Å². The number of benzene rings is 2. The van der Waals surface area contributed by atoms with E-state index in [-0.39, 0.29) is 30.0 Å². The molecule has 10 heteroatoms. The summed E-state index contributed by atoms with van der Waals surface area (Å²) in [6, 6.07) is 12.8. The van der Waals surface area contributed by atoms with Crippen LogP contribution in [0.5, 0.6) is 0 Å². The van der Waals surface area contributed by atoms with Gasteiger partial charge in [0.2, 0.25) is 21.8 Å². The van der Waals surface area contributed by atoms with Crippen LogP contribution in [0.1, 0.15) is 55.5 Å². The molecule has 1 saturated carbocycles. The Morgan fingerprint density at radius 1 is 1.08 bits per heavy atom. The van der Waals surface area contributed by atoms with Gasteiger partial charge in [0.15, 0.2) is 5.78 Å². The minimum Gasteiger partial charge on any atom is -0.352 e. The van der Waals surface area contributed by atoms with Crippen molar-refractivity contribution in [2.45, 2.75) is 58.2 Å². The van der Waals surface area contributed by atoms with Crippen molar-refractivity contribution in [3.63, 3.8) is 0 Å². The Hall–Kier alpha value is -2.72. The molecule has 0 aromatic heterocycles. The Labute approximate surface area is 221 Å². The molecule has 2 aromatic carbocycles. The fraction of sp³-hybridized carbons (Fsp3) is 0.423. The van der Waals surface area contributed by atoms with Gasteiger partial charge in [0.1, 0.15) is 12.6 Å². The van der Waals surface area contributed by atoms with Crippen molar-refractivity contribution in [1.29, 1.82) is 0 Å². The summed E-state index contributed by atoms with van der Waals surface area (Å²) in [5.41, 5.74) is 1.34. The molecule has 194 valence electrons. The average Bonchev–Trinajstić information content (AvgIpc) is 3.32. The third-order valence-electron chi connectivity index (χ3n) is 6.33. The fourth-order valence-electron chi connectivity index (χ4n) is 4.30. The van der Waals surface area contributed by atoms with Crippen molar-refractivity contribution in [1.82, 2.24) is 10.2 Å². The van der Waals surface area contributed by atoms with Crippen LogP contribution in [0.25, 0.3) is 0 Å². The molecule has 2 amide bonds. The third kappa shape index (κ3) is 7.39. The minimum atomic E-state index is -3.87. The van der Waals surface area contributed by atoms with Crippen LogP contribution in [-0.2, 0) is 26.2 Å². The monoisotopic (exact) mass is 577 g/mol. The Kier molecular flexibility index (Phi) is 9.30. The molecule has 8 nitrogen and oxygen atoms in total. The highest BCUT2D eigenvalue weighted by Crippen LogP contribution is 2.22. The number of hydrogen-bond acceptors (Lipinski definition) is 5. The smallest absolute Gasteiger partial charge is 0.244 e. The number of halogens is 1. The number of rotatable bonds is 10. The molecule has 1 N–H and O–H groups in total. The van der Waals surface area contributed by atoms with E-state index < -0.39 is 28.5 Å². The number of ketones is 1. The first-order valence-corrected chi connectivity index (χ1v) is 14.5. The van der Waals surface area contributed by atoms with Crippen LogP contribution in [0.15, 0.2) is 53.0 Å². The van der Waals surface area contributed by atoms with Gasteiger partial charge >= 0.3 is 0 Å². The van der Waals surface area contributed by atoms with Crippen LogP contribution < -0.4 is 9.62 Å². The Morgan fingerprint density at radius 3 is 2.36 bits per heavy atom. The van der Waals surface area contributed by atoms with Gasteiger partial charge in [0.25, 0.3) is 0 Å². The molecule has 0 spiro atoms. The Balaban J connectivity index is 1.90. The molecule has 0 bridgehead atoms. The SMILES string of the molecule is CC(=O)c1cccc(N(CC(=O)N(Cc2cccc(Br)c2)C(C)C(=O)NC2CCCC2)S(C)(=O)=O)c1. The van der Waals surface area contributed by atoms with Crippen molar-refractivity contribution in [2.75, 3.05) is 17.1 Å². The summed E-state index contributed by atoms with van der Waals surface area (Å²) in [6.45, 7) is 2.67. The maximum absolute atomic E-state index is 13.6. The first kappa shape index (κ1) is 27.9. The molecule has 1 aliphatic carbocycles. The summed E-state index contributed by atoms with van der Waals surface area (Å²) in [4.78, 5) is 40.0. The third-order valence-corrected chi connectivity index (χ3v) is 7.96. The van der Waals surface area contributed by atoms with Gasteiger partial charge in [-0.1, -0.05) is 53.0 Å². The predicted molar refractivity (Wildman–Crippen MR) is 143 cm³/mol. The summed E-state index contributed by atoms with van der Waals surface area (Å²) >= 11 is 3.43. The summed E-state index contributed by atoms with van der Waals surface area (Å²) in [7, 11) is -3.87. The van der Waals surface area contributed by atoms with Gasteiger partial charge in [-0.25, -0.2) is 8.42 Å². The first-order chi connectivity index (χ1) is 17.0. The molecule has 0 aliphatic heterocycles. The topological polar surface area (TPSA) is 104 Å². The van der Waals surface area contributed by atoms with E-state index in [1.807, 2.05) is 24.3 Å². The van der Waals surface area contributed by atoms with Gasteiger partial charge in [0, 0.05) is 22.6 Å². The molecular formula is C26H32BrN3O5S. The number of carbonyl (C=O) groups excluding carboxylic acids is 3. The Morgan fingerprint density at radius 2 is 1.75 bits per heavy atom. The van der Waals surface area contributed by atoms with Gasteiger partial charge in [0.05, 0.1) is 11.9 Å². The number of sulfonamides is 1. The van der Waals surface area contributed by atoms with Crippen LogP contribution in [0, 0.1) is 0 Å². The van der Waals surface area contributed by atoms with Crippen LogP contribution in [0.4, 0.5) is 5.69 Å². The lowest BCUT2D eigenvalue weighted by Crippen LogP contribution is -2.52. The quantitative estimate of drug-likeness (QED) is 0.431. The zero-order chi connectivity index (χ0) is 26.5. The maximum Gasteiger partial charge on any atom is 0.244 e. The Bertz CT molecular complexity index is 1230. The number of amides is 2. The van der Waals surface area contributed by atoms with Crippen LogP contribution >= 0.6 is 15.9 Å². The highest BCUT2D eigenvalue weighted by molar-refractivity contribution is 9.10. The van der Waals surface area contributed by atoms with Gasteiger partial charge in [-0.05, 0) is 56.5 Å². The number of nitrogens with one attached hydrogen (secondary N) is 1. The zero-order valence-electron chi connectivity index (χ0n) is 20.7. The number of anilines is 1. The highest BCUT2D eigenvalue weighted by atomic mass is 79.9. The van der Waals surface area contributed by atoms with Gasteiger partial charge in [-0.15, -0.1) is 0 Å². The highest BCUT2D eigenvalue weighted by Gasteiger charge is 2.31. The standard InChI is InChI=1S/C26H32BrN3O5S/c1-18(26(33)28-23-11-4-5-12-23)29(16-20-8-6-10-22(27)14-20)25(32)17-30(36(3,34)35)24-13-7-9-21(15-24)19(2)31/h6-10,13-15,18,23H,4-5,11-12,16-17H2,1-3H3,(H,28,33). The predicted octanol–water partition coefficient (Wildman–Crippen LogP) is 3.89. The molecule has 36 heavy (non-hydrogen) atoms. The van der Waals surface area contributed by atoms with E-state index in [9.17, 15) is 22.8 Å². The molecule has 0 saturated heterocycles. The summed E-state index contributed by atoms with van der Waals surface area (Å²) in [6.07, 6.45) is 4.94. The van der Waals surface area contributed by atoms with Crippen molar-refractivity contribution >= 4 is 49.2 Å². The maximum atomic E-state index is 13.6. The number of carbonyl (C=O) groups is 3. The van der Waals surface area contributed by atoms with E-state index in [1.54, 1.807) is 19.1 Å². The minimum absolute atomic E-state index is 0.0876. The van der Waals surface area contributed by atoms with E-state index in [4.69, 9.17) is 0 Å². The van der Waals surface area contributed by atoms with Crippen molar-refractivity contribution in [2.24, 2.45) is 0 Å². The normalized spacial score (nSPS) is 14.8. The average molecular weight is 579 g/mol. The molecule has 0 heterocycles. The van der Waals surface area contributed by atoms with Crippen LogP contribution in [0.3, 0.4) is 0 Å². The molecule has 1 atom stereocenters. The summed E-state index contributed by atoms with van der Waals surface area (Å²) < 4.78 is 27.2. The largest absolute Gasteiger partial charge is 0.352 e. The lowest BCUT2D eigenvalue weighted by Gasteiger charge is -2.32.